The number of benzene rings is 1. The van der Waals surface area contributed by atoms with Crippen LogP contribution in [0.15, 0.2) is 30.3 Å². The average Bonchev–Trinajstić information content (AvgIpc) is 3.30. The molecular formula is C34H48O6. The Morgan fingerprint density at radius 3 is 2.40 bits per heavy atom. The summed E-state index contributed by atoms with van der Waals surface area (Å²) in [6.45, 7) is 8.66. The predicted molar refractivity (Wildman–Crippen MR) is 152 cm³/mol. The Kier molecular flexibility index (Phi) is 8.37. The van der Waals surface area contributed by atoms with E-state index in [9.17, 15) is 14.4 Å². The Morgan fingerprint density at radius 2 is 1.70 bits per heavy atom. The van der Waals surface area contributed by atoms with Gasteiger partial charge >= 0.3 is 17.9 Å². The van der Waals surface area contributed by atoms with Gasteiger partial charge in [-0.15, -0.1) is 0 Å². The van der Waals surface area contributed by atoms with Crippen molar-refractivity contribution in [3.05, 3.63) is 35.9 Å². The van der Waals surface area contributed by atoms with Gasteiger partial charge in [0.05, 0.1) is 12.7 Å². The first-order valence-corrected chi connectivity index (χ1v) is 15.6. The van der Waals surface area contributed by atoms with Crippen molar-refractivity contribution in [1.82, 2.24) is 0 Å². The third kappa shape index (κ3) is 5.20. The monoisotopic (exact) mass is 552 g/mol. The third-order valence-corrected chi connectivity index (χ3v) is 12.1. The predicted octanol–water partition coefficient (Wildman–Crippen LogP) is 7.00. The highest BCUT2D eigenvalue weighted by Crippen LogP contribution is 2.69. The highest BCUT2D eigenvalue weighted by atomic mass is 16.5. The number of hydrogen-bond donors (Lipinski definition) is 0. The van der Waals surface area contributed by atoms with E-state index in [4.69, 9.17) is 14.2 Å². The standard InChI is InChI=1S/C34H48O6/c1-21(11-16-31(36)38-5)27-14-15-28-26-13-12-24-19-25(39-22(2)35)17-18-33(24,3)29(26)20-30(34(27,28)4)40-32(37)23-9-7-6-8-10-23/h6-10,21,24-30H,11-20H2,1-5H3/t21-,24+,25-,26+,27+,28-,29+,30-,33+,34-/m1/s1. The zero-order valence-electron chi connectivity index (χ0n) is 25.0. The number of methoxy groups -OCH3 is 1. The van der Waals surface area contributed by atoms with Crippen LogP contribution in [0.25, 0.3) is 0 Å². The molecule has 6 nitrogen and oxygen atoms in total. The van der Waals surface area contributed by atoms with E-state index in [0.717, 1.165) is 44.9 Å². The molecule has 40 heavy (non-hydrogen) atoms. The molecule has 1 aromatic carbocycles. The number of rotatable bonds is 7. The van der Waals surface area contributed by atoms with E-state index < -0.39 is 0 Å². The van der Waals surface area contributed by atoms with Crippen molar-refractivity contribution in [3.8, 4) is 0 Å². The lowest BCUT2D eigenvalue weighted by molar-refractivity contribution is -0.181. The molecular weight excluding hydrogens is 504 g/mol. The van der Waals surface area contributed by atoms with Crippen LogP contribution in [0.2, 0.25) is 0 Å². The minimum atomic E-state index is -0.229. The lowest BCUT2D eigenvalue weighted by Gasteiger charge is -2.62. The molecule has 5 rings (SSSR count). The fourth-order valence-corrected chi connectivity index (χ4v) is 10.1. The third-order valence-electron chi connectivity index (χ3n) is 12.1. The maximum Gasteiger partial charge on any atom is 0.338 e. The van der Waals surface area contributed by atoms with Crippen LogP contribution in [0.4, 0.5) is 0 Å². The maximum absolute atomic E-state index is 13.5. The first-order valence-electron chi connectivity index (χ1n) is 15.6. The first-order chi connectivity index (χ1) is 19.1. The lowest BCUT2D eigenvalue weighted by atomic mass is 9.43. The Hall–Kier alpha value is -2.37. The Bertz CT molecular complexity index is 1090. The van der Waals surface area contributed by atoms with Gasteiger partial charge in [-0.1, -0.05) is 39.0 Å². The van der Waals surface area contributed by atoms with Crippen molar-refractivity contribution < 1.29 is 28.6 Å². The Morgan fingerprint density at radius 1 is 0.950 bits per heavy atom. The zero-order valence-corrected chi connectivity index (χ0v) is 25.0. The minimum Gasteiger partial charge on any atom is -0.469 e. The molecule has 0 aliphatic heterocycles. The summed E-state index contributed by atoms with van der Waals surface area (Å²) in [7, 11) is 1.46. The SMILES string of the molecule is COC(=O)CC[C@@H](C)[C@@H]1CC[C@@H]2[C@@H]3CC[C@H]4C[C@H](OC(C)=O)CC[C@]4(C)[C@H]3C[C@@H](OC(=O)c3ccccc3)[C@@]21C. The molecule has 0 saturated heterocycles. The smallest absolute Gasteiger partial charge is 0.338 e. The van der Waals surface area contributed by atoms with Gasteiger partial charge in [0.15, 0.2) is 0 Å². The second-order valence-electron chi connectivity index (χ2n) is 13.8. The van der Waals surface area contributed by atoms with E-state index in [1.807, 2.05) is 30.3 Å². The van der Waals surface area contributed by atoms with Crippen LogP contribution in [-0.4, -0.2) is 37.2 Å². The van der Waals surface area contributed by atoms with Crippen LogP contribution in [-0.2, 0) is 23.8 Å². The summed E-state index contributed by atoms with van der Waals surface area (Å²) in [5.41, 5.74) is 0.638. The van der Waals surface area contributed by atoms with Gasteiger partial charge in [0, 0.05) is 18.8 Å². The van der Waals surface area contributed by atoms with E-state index >= 15 is 0 Å². The van der Waals surface area contributed by atoms with Crippen molar-refractivity contribution in [2.24, 2.45) is 46.3 Å². The number of ether oxygens (including phenoxy) is 3. The minimum absolute atomic E-state index is 0.0270. The van der Waals surface area contributed by atoms with Gasteiger partial charge in [0.25, 0.3) is 0 Å². The highest BCUT2D eigenvalue weighted by Gasteiger charge is 2.65. The van der Waals surface area contributed by atoms with Crippen molar-refractivity contribution in [1.29, 1.82) is 0 Å². The van der Waals surface area contributed by atoms with Crippen molar-refractivity contribution >= 4 is 17.9 Å². The Labute approximate surface area is 239 Å². The molecule has 4 aliphatic rings. The number of carbonyl (C=O) groups is 3. The summed E-state index contributed by atoms with van der Waals surface area (Å²) in [6.07, 6.45) is 9.54. The molecule has 10 atom stereocenters. The van der Waals surface area contributed by atoms with E-state index in [2.05, 4.69) is 20.8 Å². The molecule has 0 bridgehead atoms. The van der Waals surface area contributed by atoms with E-state index in [1.54, 1.807) is 0 Å². The fraction of sp³-hybridized carbons (Fsp3) is 0.735. The lowest BCUT2D eigenvalue weighted by Crippen LogP contribution is -2.59. The molecule has 220 valence electrons. The summed E-state index contributed by atoms with van der Waals surface area (Å²) >= 11 is 0. The second kappa shape index (κ2) is 11.5. The number of fused-ring (bicyclic) bond motifs is 5. The highest BCUT2D eigenvalue weighted by molar-refractivity contribution is 5.89. The summed E-state index contributed by atoms with van der Waals surface area (Å²) in [6, 6.07) is 9.38. The second-order valence-corrected chi connectivity index (χ2v) is 13.8. The van der Waals surface area contributed by atoms with E-state index in [1.165, 1.54) is 26.9 Å². The van der Waals surface area contributed by atoms with Gasteiger partial charge < -0.3 is 14.2 Å². The van der Waals surface area contributed by atoms with Crippen molar-refractivity contribution in [2.45, 2.75) is 104 Å². The molecule has 4 aliphatic carbocycles. The van der Waals surface area contributed by atoms with E-state index in [-0.39, 0.29) is 40.9 Å². The molecule has 4 saturated carbocycles. The van der Waals surface area contributed by atoms with Gasteiger partial charge in [0.1, 0.15) is 12.2 Å². The van der Waals surface area contributed by atoms with Crippen LogP contribution in [0, 0.1) is 46.3 Å². The molecule has 0 radical (unpaired) electrons. The molecule has 0 spiro atoms. The van der Waals surface area contributed by atoms with Crippen LogP contribution in [0.5, 0.6) is 0 Å². The molecule has 0 unspecified atom stereocenters. The number of esters is 3. The number of carbonyl (C=O) groups excluding carboxylic acids is 3. The zero-order chi connectivity index (χ0) is 28.7. The molecule has 6 heteroatoms. The normalized spacial score (nSPS) is 39.2. The van der Waals surface area contributed by atoms with Crippen LogP contribution in [0.1, 0.15) is 102 Å². The van der Waals surface area contributed by atoms with E-state index in [0.29, 0.717) is 47.5 Å². The van der Waals surface area contributed by atoms with Crippen LogP contribution in [0.3, 0.4) is 0 Å². The summed E-state index contributed by atoms with van der Waals surface area (Å²) in [4.78, 5) is 37.2. The first kappa shape index (κ1) is 29.1. The van der Waals surface area contributed by atoms with Gasteiger partial charge in [-0.2, -0.15) is 0 Å². The van der Waals surface area contributed by atoms with Crippen molar-refractivity contribution in [3.63, 3.8) is 0 Å². The molecule has 0 amide bonds. The molecule has 0 aromatic heterocycles. The molecule has 0 heterocycles. The summed E-state index contributed by atoms with van der Waals surface area (Å²) < 4.78 is 17.2. The Balaban J connectivity index is 1.44. The number of hydrogen-bond acceptors (Lipinski definition) is 6. The van der Waals surface area contributed by atoms with Gasteiger partial charge in [-0.05, 0) is 111 Å². The molecule has 4 fully saturated rings. The van der Waals surface area contributed by atoms with Gasteiger partial charge in [-0.3, -0.25) is 9.59 Å². The molecule has 1 aromatic rings. The summed E-state index contributed by atoms with van der Waals surface area (Å²) in [5.74, 6) is 2.29. The van der Waals surface area contributed by atoms with Crippen LogP contribution >= 0.6 is 0 Å². The average molecular weight is 553 g/mol. The molecule has 0 N–H and O–H groups in total. The van der Waals surface area contributed by atoms with Gasteiger partial charge in [-0.25, -0.2) is 4.79 Å². The quantitative estimate of drug-likeness (QED) is 0.268. The topological polar surface area (TPSA) is 78.9 Å². The van der Waals surface area contributed by atoms with Gasteiger partial charge in [0.2, 0.25) is 0 Å². The van der Waals surface area contributed by atoms with Crippen molar-refractivity contribution in [2.75, 3.05) is 7.11 Å². The summed E-state index contributed by atoms with van der Waals surface area (Å²) in [5, 5.41) is 0. The maximum atomic E-state index is 13.5. The van der Waals surface area contributed by atoms with Crippen LogP contribution < -0.4 is 0 Å². The fourth-order valence-electron chi connectivity index (χ4n) is 10.1. The largest absolute Gasteiger partial charge is 0.469 e.